The number of piperidine rings is 1. The van der Waals surface area contributed by atoms with Crippen LogP contribution < -0.4 is 0 Å². The van der Waals surface area contributed by atoms with Crippen LogP contribution in [0.15, 0.2) is 0 Å². The van der Waals surface area contributed by atoms with Crippen LogP contribution in [0.3, 0.4) is 0 Å². The molecule has 98 valence electrons. The Morgan fingerprint density at radius 1 is 1.35 bits per heavy atom. The van der Waals surface area contributed by atoms with E-state index in [2.05, 4.69) is 0 Å². The molecule has 4 heteroatoms. The quantitative estimate of drug-likeness (QED) is 0.802. The summed E-state index contributed by atoms with van der Waals surface area (Å²) in [6.45, 7) is 5.49. The van der Waals surface area contributed by atoms with E-state index in [9.17, 15) is 9.59 Å². The first-order valence-corrected chi connectivity index (χ1v) is 6.59. The minimum atomic E-state index is -0.758. The summed E-state index contributed by atoms with van der Waals surface area (Å²) in [5, 5.41) is 8.79. The van der Waals surface area contributed by atoms with E-state index in [1.165, 1.54) is 0 Å². The average molecular weight is 241 g/mol. The molecule has 17 heavy (non-hydrogen) atoms. The fraction of sp³-hybridized carbons (Fsp3) is 0.846. The van der Waals surface area contributed by atoms with Gasteiger partial charge in [0.2, 0.25) is 5.91 Å². The van der Waals surface area contributed by atoms with Crippen molar-refractivity contribution >= 4 is 11.9 Å². The molecule has 1 amide bonds. The predicted molar refractivity (Wildman–Crippen MR) is 65.6 cm³/mol. The first-order valence-electron chi connectivity index (χ1n) is 6.59. The van der Waals surface area contributed by atoms with Gasteiger partial charge in [-0.25, -0.2) is 0 Å². The van der Waals surface area contributed by atoms with Gasteiger partial charge >= 0.3 is 5.97 Å². The number of nitrogens with zero attached hydrogens (tertiary/aromatic N) is 1. The molecular formula is C13H23NO3. The van der Waals surface area contributed by atoms with Gasteiger partial charge in [0.15, 0.2) is 0 Å². The normalized spacial score (nSPS) is 20.6. The molecular weight excluding hydrogens is 218 g/mol. The van der Waals surface area contributed by atoms with Gasteiger partial charge in [0.1, 0.15) is 0 Å². The standard InChI is InChI=1S/C13H23NO3/c1-3-11(4-2)13(17)14-7-5-6-10(9-14)8-12(15)16/h10-11H,3-9H2,1-2H3,(H,15,16). The number of rotatable bonds is 5. The molecule has 1 unspecified atom stereocenters. The first-order chi connectivity index (χ1) is 8.08. The summed E-state index contributed by atoms with van der Waals surface area (Å²) in [5.74, 6) is -0.296. The molecule has 0 bridgehead atoms. The largest absolute Gasteiger partial charge is 0.481 e. The molecule has 0 spiro atoms. The van der Waals surface area contributed by atoms with Crippen molar-refractivity contribution in [3.05, 3.63) is 0 Å². The highest BCUT2D eigenvalue weighted by Gasteiger charge is 2.28. The van der Waals surface area contributed by atoms with Crippen molar-refractivity contribution in [1.29, 1.82) is 0 Å². The van der Waals surface area contributed by atoms with E-state index >= 15 is 0 Å². The highest BCUT2D eigenvalue weighted by Crippen LogP contribution is 2.22. The topological polar surface area (TPSA) is 57.6 Å². The van der Waals surface area contributed by atoms with Gasteiger partial charge in [0.05, 0.1) is 0 Å². The van der Waals surface area contributed by atoms with E-state index in [1.807, 2.05) is 18.7 Å². The molecule has 0 aromatic carbocycles. The summed E-state index contributed by atoms with van der Waals surface area (Å²) in [5.41, 5.74) is 0. The zero-order chi connectivity index (χ0) is 12.8. The van der Waals surface area contributed by atoms with Crippen molar-refractivity contribution in [2.24, 2.45) is 11.8 Å². The van der Waals surface area contributed by atoms with Crippen molar-refractivity contribution in [2.45, 2.75) is 46.0 Å². The maximum atomic E-state index is 12.2. The molecule has 1 saturated heterocycles. The van der Waals surface area contributed by atoms with Crippen LogP contribution in [-0.4, -0.2) is 35.0 Å². The lowest BCUT2D eigenvalue weighted by Crippen LogP contribution is -2.43. The molecule has 1 fully saturated rings. The van der Waals surface area contributed by atoms with Gasteiger partial charge in [-0.05, 0) is 31.6 Å². The van der Waals surface area contributed by atoms with Crippen LogP contribution in [-0.2, 0) is 9.59 Å². The number of carbonyl (C=O) groups excluding carboxylic acids is 1. The molecule has 0 aromatic rings. The van der Waals surface area contributed by atoms with Crippen LogP contribution in [0, 0.1) is 11.8 Å². The van der Waals surface area contributed by atoms with Gasteiger partial charge in [0.25, 0.3) is 0 Å². The third-order valence-corrected chi connectivity index (χ3v) is 3.63. The third kappa shape index (κ3) is 4.02. The SMILES string of the molecule is CCC(CC)C(=O)N1CCCC(CC(=O)O)C1. The van der Waals surface area contributed by atoms with E-state index in [0.717, 1.165) is 32.2 Å². The van der Waals surface area contributed by atoms with Gasteiger partial charge in [-0.2, -0.15) is 0 Å². The molecule has 1 N–H and O–H groups in total. The van der Waals surface area contributed by atoms with E-state index in [1.54, 1.807) is 0 Å². The van der Waals surface area contributed by atoms with Gasteiger partial charge < -0.3 is 10.0 Å². The number of hydrogen-bond acceptors (Lipinski definition) is 2. The predicted octanol–water partition coefficient (Wildman–Crippen LogP) is 2.14. The average Bonchev–Trinajstić information content (AvgIpc) is 2.30. The van der Waals surface area contributed by atoms with Crippen LogP contribution in [0.1, 0.15) is 46.0 Å². The molecule has 0 saturated carbocycles. The first kappa shape index (κ1) is 14.0. The van der Waals surface area contributed by atoms with Crippen LogP contribution >= 0.6 is 0 Å². The van der Waals surface area contributed by atoms with Crippen LogP contribution in [0.25, 0.3) is 0 Å². The summed E-state index contributed by atoms with van der Waals surface area (Å²) in [4.78, 5) is 24.7. The Morgan fingerprint density at radius 2 is 2.00 bits per heavy atom. The smallest absolute Gasteiger partial charge is 0.303 e. The summed E-state index contributed by atoms with van der Waals surface area (Å²) in [6.07, 6.45) is 3.79. The van der Waals surface area contributed by atoms with Crippen molar-refractivity contribution in [3.8, 4) is 0 Å². The second-order valence-corrected chi connectivity index (χ2v) is 4.90. The lowest BCUT2D eigenvalue weighted by molar-refractivity contribution is -0.142. The molecule has 1 heterocycles. The van der Waals surface area contributed by atoms with E-state index in [-0.39, 0.29) is 24.2 Å². The zero-order valence-corrected chi connectivity index (χ0v) is 10.8. The second-order valence-electron chi connectivity index (χ2n) is 4.90. The molecule has 1 atom stereocenters. The molecule has 1 aliphatic rings. The zero-order valence-electron chi connectivity index (χ0n) is 10.8. The minimum Gasteiger partial charge on any atom is -0.481 e. The molecule has 1 rings (SSSR count). The maximum absolute atomic E-state index is 12.2. The lowest BCUT2D eigenvalue weighted by atomic mass is 9.93. The van der Waals surface area contributed by atoms with Crippen molar-refractivity contribution in [2.75, 3.05) is 13.1 Å². The summed E-state index contributed by atoms with van der Waals surface area (Å²) >= 11 is 0. The van der Waals surface area contributed by atoms with E-state index in [0.29, 0.717) is 6.54 Å². The number of hydrogen-bond donors (Lipinski definition) is 1. The van der Waals surface area contributed by atoms with Crippen LogP contribution in [0.2, 0.25) is 0 Å². The summed E-state index contributed by atoms with van der Waals surface area (Å²) in [7, 11) is 0. The molecule has 0 aliphatic carbocycles. The van der Waals surface area contributed by atoms with Gasteiger partial charge in [0, 0.05) is 25.4 Å². The number of aliphatic carboxylic acids is 1. The van der Waals surface area contributed by atoms with Crippen molar-refractivity contribution < 1.29 is 14.7 Å². The third-order valence-electron chi connectivity index (χ3n) is 3.63. The highest BCUT2D eigenvalue weighted by atomic mass is 16.4. The van der Waals surface area contributed by atoms with E-state index in [4.69, 9.17) is 5.11 Å². The number of amides is 1. The fourth-order valence-electron chi connectivity index (χ4n) is 2.57. The molecule has 0 aromatic heterocycles. The Hall–Kier alpha value is -1.06. The highest BCUT2D eigenvalue weighted by molar-refractivity contribution is 5.79. The Kier molecular flexibility index (Phi) is 5.45. The number of likely N-dealkylation sites (tertiary alicyclic amines) is 1. The van der Waals surface area contributed by atoms with Gasteiger partial charge in [-0.1, -0.05) is 13.8 Å². The molecule has 4 nitrogen and oxygen atoms in total. The number of carboxylic acid groups (broad SMARTS) is 1. The van der Waals surface area contributed by atoms with E-state index < -0.39 is 5.97 Å². The lowest BCUT2D eigenvalue weighted by Gasteiger charge is -2.34. The Labute approximate surface area is 103 Å². The molecule has 0 radical (unpaired) electrons. The Balaban J connectivity index is 2.53. The van der Waals surface area contributed by atoms with Gasteiger partial charge in [-0.3, -0.25) is 9.59 Å². The van der Waals surface area contributed by atoms with Crippen LogP contribution in [0.4, 0.5) is 0 Å². The number of carboxylic acids is 1. The Morgan fingerprint density at radius 3 is 2.53 bits per heavy atom. The van der Waals surface area contributed by atoms with Crippen molar-refractivity contribution in [1.82, 2.24) is 4.90 Å². The van der Waals surface area contributed by atoms with Crippen LogP contribution in [0.5, 0.6) is 0 Å². The Bertz CT molecular complexity index is 274. The van der Waals surface area contributed by atoms with Gasteiger partial charge in [-0.15, -0.1) is 0 Å². The monoisotopic (exact) mass is 241 g/mol. The molecule has 1 aliphatic heterocycles. The number of carbonyl (C=O) groups is 2. The summed E-state index contributed by atoms with van der Waals surface area (Å²) in [6, 6.07) is 0. The second kappa shape index (κ2) is 6.62. The fourth-order valence-corrected chi connectivity index (χ4v) is 2.57. The van der Waals surface area contributed by atoms with Crippen molar-refractivity contribution in [3.63, 3.8) is 0 Å². The minimum absolute atomic E-state index is 0.110. The summed E-state index contributed by atoms with van der Waals surface area (Å²) < 4.78 is 0. The maximum Gasteiger partial charge on any atom is 0.303 e.